The van der Waals surface area contributed by atoms with Crippen molar-refractivity contribution in [2.75, 3.05) is 0 Å². The van der Waals surface area contributed by atoms with E-state index in [1.807, 2.05) is 48.5 Å². The Hall–Kier alpha value is -2.09. The van der Waals surface area contributed by atoms with Gasteiger partial charge in [0.15, 0.2) is 5.90 Å². The van der Waals surface area contributed by atoms with Gasteiger partial charge in [-0.15, -0.1) is 0 Å². The molecule has 2 heteroatoms. The second-order valence-corrected chi connectivity index (χ2v) is 4.64. The molecule has 0 radical (unpaired) electrons. The Bertz CT molecular complexity index is 536. The van der Waals surface area contributed by atoms with Gasteiger partial charge in [0.1, 0.15) is 5.75 Å². The molecule has 2 atom stereocenters. The van der Waals surface area contributed by atoms with E-state index in [2.05, 4.69) is 12.1 Å². The fourth-order valence-electron chi connectivity index (χ4n) is 2.24. The van der Waals surface area contributed by atoms with Crippen LogP contribution in [-0.2, 0) is 0 Å². The molecule has 0 aromatic heterocycles. The minimum absolute atomic E-state index is 0.243. The standard InChI is InChI=1S/C16H15NO/c17-16(18-13-9-5-2-6-10-13)15-11-14(15)12-7-3-1-4-8-12/h1-10,14-15,17H,11H2. The van der Waals surface area contributed by atoms with Crippen LogP contribution in [0.2, 0.25) is 0 Å². The lowest BCUT2D eigenvalue weighted by atomic mass is 10.1. The lowest BCUT2D eigenvalue weighted by Crippen LogP contribution is -2.10. The molecule has 2 aromatic carbocycles. The zero-order valence-electron chi connectivity index (χ0n) is 10.0. The van der Waals surface area contributed by atoms with Gasteiger partial charge >= 0.3 is 0 Å². The van der Waals surface area contributed by atoms with Crippen LogP contribution in [0.3, 0.4) is 0 Å². The van der Waals surface area contributed by atoms with Gasteiger partial charge in [0.05, 0.1) is 0 Å². The molecule has 1 aliphatic carbocycles. The molecule has 1 saturated carbocycles. The van der Waals surface area contributed by atoms with Gasteiger partial charge in [0, 0.05) is 5.92 Å². The van der Waals surface area contributed by atoms with E-state index in [-0.39, 0.29) is 5.92 Å². The van der Waals surface area contributed by atoms with Crippen LogP contribution in [0.15, 0.2) is 60.7 Å². The van der Waals surface area contributed by atoms with E-state index in [0.717, 1.165) is 12.2 Å². The van der Waals surface area contributed by atoms with E-state index in [1.54, 1.807) is 0 Å². The van der Waals surface area contributed by atoms with Crippen LogP contribution >= 0.6 is 0 Å². The van der Waals surface area contributed by atoms with E-state index >= 15 is 0 Å². The fraction of sp³-hybridized carbons (Fsp3) is 0.188. The van der Waals surface area contributed by atoms with Gasteiger partial charge in [-0.25, -0.2) is 0 Å². The monoisotopic (exact) mass is 237 g/mol. The number of ether oxygens (including phenoxy) is 1. The van der Waals surface area contributed by atoms with E-state index in [9.17, 15) is 0 Å². The summed E-state index contributed by atoms with van der Waals surface area (Å²) in [7, 11) is 0. The lowest BCUT2D eigenvalue weighted by Gasteiger charge is -2.06. The van der Waals surface area contributed by atoms with Gasteiger partial charge in [-0.05, 0) is 30.0 Å². The third kappa shape index (κ3) is 2.28. The Morgan fingerprint density at radius 3 is 2.22 bits per heavy atom. The van der Waals surface area contributed by atoms with E-state index in [1.165, 1.54) is 5.56 Å². The maximum Gasteiger partial charge on any atom is 0.191 e. The van der Waals surface area contributed by atoms with Crippen molar-refractivity contribution >= 4 is 5.90 Å². The van der Waals surface area contributed by atoms with Crippen molar-refractivity contribution in [2.24, 2.45) is 5.92 Å². The largest absolute Gasteiger partial charge is 0.443 e. The van der Waals surface area contributed by atoms with Crippen LogP contribution < -0.4 is 4.74 Å². The summed E-state index contributed by atoms with van der Waals surface area (Å²) in [5.74, 6) is 1.84. The highest BCUT2D eigenvalue weighted by Crippen LogP contribution is 2.48. The number of rotatable bonds is 3. The van der Waals surface area contributed by atoms with E-state index in [0.29, 0.717) is 11.8 Å². The summed E-state index contributed by atoms with van der Waals surface area (Å²) in [5, 5.41) is 8.00. The summed E-state index contributed by atoms with van der Waals surface area (Å²) >= 11 is 0. The minimum Gasteiger partial charge on any atom is -0.443 e. The van der Waals surface area contributed by atoms with E-state index < -0.39 is 0 Å². The molecule has 0 heterocycles. The van der Waals surface area contributed by atoms with Crippen LogP contribution in [0.5, 0.6) is 5.75 Å². The average Bonchev–Trinajstić information content (AvgIpc) is 3.21. The number of hydrogen-bond acceptors (Lipinski definition) is 2. The first-order valence-corrected chi connectivity index (χ1v) is 6.21. The van der Waals surface area contributed by atoms with Crippen LogP contribution in [-0.4, -0.2) is 5.90 Å². The predicted octanol–water partition coefficient (Wildman–Crippen LogP) is 3.85. The van der Waals surface area contributed by atoms with E-state index in [4.69, 9.17) is 10.1 Å². The smallest absolute Gasteiger partial charge is 0.191 e. The third-order valence-electron chi connectivity index (χ3n) is 3.33. The number of nitrogens with one attached hydrogen (secondary N) is 1. The molecular formula is C16H15NO. The first-order chi connectivity index (χ1) is 8.84. The molecule has 2 nitrogen and oxygen atoms in total. The number of benzene rings is 2. The summed E-state index contributed by atoms with van der Waals surface area (Å²) < 4.78 is 5.57. The highest BCUT2D eigenvalue weighted by atomic mass is 16.5. The van der Waals surface area contributed by atoms with Crippen molar-refractivity contribution in [1.82, 2.24) is 0 Å². The molecule has 3 rings (SSSR count). The van der Waals surface area contributed by atoms with Crippen molar-refractivity contribution in [2.45, 2.75) is 12.3 Å². The molecule has 0 amide bonds. The van der Waals surface area contributed by atoms with Crippen LogP contribution in [0, 0.1) is 11.3 Å². The summed E-state index contributed by atoms with van der Waals surface area (Å²) in [6.07, 6.45) is 1.02. The molecule has 1 N–H and O–H groups in total. The zero-order valence-corrected chi connectivity index (χ0v) is 10.0. The van der Waals surface area contributed by atoms with Crippen molar-refractivity contribution < 1.29 is 4.74 Å². The van der Waals surface area contributed by atoms with Gasteiger partial charge in [0.25, 0.3) is 0 Å². The molecule has 18 heavy (non-hydrogen) atoms. The predicted molar refractivity (Wildman–Crippen MR) is 72.1 cm³/mol. The minimum atomic E-state index is 0.243. The lowest BCUT2D eigenvalue weighted by molar-refractivity contribution is 0.519. The Kier molecular flexibility index (Phi) is 2.85. The van der Waals surface area contributed by atoms with Crippen LogP contribution in [0.4, 0.5) is 0 Å². The van der Waals surface area contributed by atoms with Gasteiger partial charge in [0.2, 0.25) is 0 Å². The van der Waals surface area contributed by atoms with Crippen molar-refractivity contribution in [3.63, 3.8) is 0 Å². The number of para-hydroxylation sites is 1. The summed E-state index contributed by atoms with van der Waals surface area (Å²) in [6, 6.07) is 19.9. The molecule has 90 valence electrons. The van der Waals surface area contributed by atoms with Crippen LogP contribution in [0.25, 0.3) is 0 Å². The maximum absolute atomic E-state index is 8.00. The topological polar surface area (TPSA) is 33.1 Å². The Labute approximate surface area is 107 Å². The molecule has 0 spiro atoms. The highest BCUT2D eigenvalue weighted by molar-refractivity contribution is 5.82. The molecule has 0 saturated heterocycles. The molecular weight excluding hydrogens is 222 g/mol. The third-order valence-corrected chi connectivity index (χ3v) is 3.33. The Morgan fingerprint density at radius 1 is 0.944 bits per heavy atom. The SMILES string of the molecule is N=C(Oc1ccccc1)C1CC1c1ccccc1. The first-order valence-electron chi connectivity index (χ1n) is 6.21. The zero-order chi connectivity index (χ0) is 12.4. The molecule has 1 aliphatic rings. The van der Waals surface area contributed by atoms with Gasteiger partial charge in [-0.1, -0.05) is 48.5 Å². The van der Waals surface area contributed by atoms with Gasteiger partial charge in [-0.2, -0.15) is 0 Å². The number of hydrogen-bond donors (Lipinski definition) is 1. The highest BCUT2D eigenvalue weighted by Gasteiger charge is 2.42. The first kappa shape index (κ1) is 11.0. The fourth-order valence-corrected chi connectivity index (χ4v) is 2.24. The Balaban J connectivity index is 1.63. The molecule has 0 bridgehead atoms. The summed E-state index contributed by atoms with van der Waals surface area (Å²) in [6.45, 7) is 0. The van der Waals surface area contributed by atoms with Crippen molar-refractivity contribution in [3.05, 3.63) is 66.2 Å². The second-order valence-electron chi connectivity index (χ2n) is 4.64. The summed E-state index contributed by atoms with van der Waals surface area (Å²) in [5.41, 5.74) is 1.31. The molecule has 0 aliphatic heterocycles. The molecule has 2 unspecified atom stereocenters. The van der Waals surface area contributed by atoms with Crippen molar-refractivity contribution in [3.8, 4) is 5.75 Å². The average molecular weight is 237 g/mol. The summed E-state index contributed by atoms with van der Waals surface area (Å²) in [4.78, 5) is 0. The van der Waals surface area contributed by atoms with Crippen molar-refractivity contribution in [1.29, 1.82) is 5.41 Å². The van der Waals surface area contributed by atoms with Gasteiger partial charge < -0.3 is 4.74 Å². The normalized spacial score (nSPS) is 21.3. The Morgan fingerprint density at radius 2 is 1.56 bits per heavy atom. The quantitative estimate of drug-likeness (QED) is 0.638. The van der Waals surface area contributed by atoms with Crippen LogP contribution in [0.1, 0.15) is 17.9 Å². The molecule has 1 fully saturated rings. The molecule has 2 aromatic rings. The van der Waals surface area contributed by atoms with Gasteiger partial charge in [-0.3, -0.25) is 5.41 Å². The second kappa shape index (κ2) is 4.65. The maximum atomic E-state index is 8.00.